The van der Waals surface area contributed by atoms with Crippen molar-refractivity contribution in [2.24, 2.45) is 0 Å². The molecular weight excluding hydrogens is 419 g/mol. The van der Waals surface area contributed by atoms with Crippen LogP contribution in [0, 0.1) is 5.82 Å². The summed E-state index contributed by atoms with van der Waals surface area (Å²) in [5, 5.41) is 3.08. The fourth-order valence-electron chi connectivity index (χ4n) is 4.14. The molecule has 0 aliphatic heterocycles. The van der Waals surface area contributed by atoms with E-state index in [-0.39, 0.29) is 31.0 Å². The van der Waals surface area contributed by atoms with Crippen LogP contribution >= 0.6 is 0 Å². The van der Waals surface area contributed by atoms with E-state index in [9.17, 15) is 14.0 Å². The number of amides is 2. The largest absolute Gasteiger partial charge is 0.484 e. The molecule has 178 valence electrons. The van der Waals surface area contributed by atoms with E-state index in [0.717, 1.165) is 25.7 Å². The van der Waals surface area contributed by atoms with Gasteiger partial charge in [0.05, 0.1) is 0 Å². The first-order valence-corrected chi connectivity index (χ1v) is 11.9. The van der Waals surface area contributed by atoms with Crippen molar-refractivity contribution in [3.8, 4) is 5.75 Å². The van der Waals surface area contributed by atoms with Crippen LogP contribution in [0.5, 0.6) is 5.75 Å². The van der Waals surface area contributed by atoms with Crippen LogP contribution in [-0.2, 0) is 16.1 Å². The normalized spacial score (nSPS) is 15.2. The zero-order chi connectivity index (χ0) is 23.8. The minimum absolute atomic E-state index is 0.000404. The summed E-state index contributed by atoms with van der Waals surface area (Å²) in [5.41, 5.74) is 1.55. The molecule has 3 rings (SSSR count). The molecule has 33 heavy (non-hydrogen) atoms. The third-order valence-corrected chi connectivity index (χ3v) is 6.33. The standard InChI is InChI=1S/C27H35FN2O3/c1-19(2)21-13-15-24(16-14-21)33-18-26(31)30(17-22-9-7-8-12-25(22)28)20(3)27(32)29-23-10-5-4-6-11-23/h7-9,12-16,19-20,23H,4-6,10-11,17-18H2,1-3H3,(H,29,32). The zero-order valence-corrected chi connectivity index (χ0v) is 19.9. The molecule has 2 aromatic carbocycles. The molecule has 1 fully saturated rings. The van der Waals surface area contributed by atoms with E-state index in [4.69, 9.17) is 4.74 Å². The summed E-state index contributed by atoms with van der Waals surface area (Å²) >= 11 is 0. The lowest BCUT2D eigenvalue weighted by atomic mass is 9.95. The van der Waals surface area contributed by atoms with Gasteiger partial charge in [0.25, 0.3) is 5.91 Å². The Morgan fingerprint density at radius 2 is 1.70 bits per heavy atom. The van der Waals surface area contributed by atoms with Crippen LogP contribution < -0.4 is 10.1 Å². The fraction of sp³-hybridized carbons (Fsp3) is 0.481. The number of hydrogen-bond acceptors (Lipinski definition) is 3. The average molecular weight is 455 g/mol. The number of rotatable bonds is 9. The first-order chi connectivity index (χ1) is 15.8. The fourth-order valence-corrected chi connectivity index (χ4v) is 4.14. The van der Waals surface area contributed by atoms with Crippen molar-refractivity contribution in [1.29, 1.82) is 0 Å². The third kappa shape index (κ3) is 7.04. The molecule has 1 unspecified atom stereocenters. The maximum absolute atomic E-state index is 14.3. The Morgan fingerprint density at radius 3 is 2.33 bits per heavy atom. The van der Waals surface area contributed by atoms with Crippen LogP contribution in [0.2, 0.25) is 0 Å². The summed E-state index contributed by atoms with van der Waals surface area (Å²) in [6.45, 7) is 5.69. The predicted molar refractivity (Wildman–Crippen MR) is 127 cm³/mol. The van der Waals surface area contributed by atoms with Crippen molar-refractivity contribution in [1.82, 2.24) is 10.2 Å². The summed E-state index contributed by atoms with van der Waals surface area (Å²) in [6, 6.07) is 13.3. The first kappa shape index (κ1) is 24.7. The van der Waals surface area contributed by atoms with Crippen molar-refractivity contribution in [2.75, 3.05) is 6.61 Å². The maximum atomic E-state index is 14.3. The second-order valence-corrected chi connectivity index (χ2v) is 9.14. The van der Waals surface area contributed by atoms with E-state index in [1.165, 1.54) is 23.0 Å². The highest BCUT2D eigenvalue weighted by molar-refractivity contribution is 5.88. The number of nitrogens with one attached hydrogen (secondary N) is 1. The summed E-state index contributed by atoms with van der Waals surface area (Å²) in [4.78, 5) is 27.5. The van der Waals surface area contributed by atoms with Crippen molar-refractivity contribution >= 4 is 11.8 Å². The summed E-state index contributed by atoms with van der Waals surface area (Å²) in [7, 11) is 0. The van der Waals surface area contributed by atoms with Crippen molar-refractivity contribution in [3.63, 3.8) is 0 Å². The number of carbonyl (C=O) groups excluding carboxylic acids is 2. The molecule has 1 atom stereocenters. The Labute approximate surface area is 196 Å². The zero-order valence-electron chi connectivity index (χ0n) is 19.9. The molecule has 0 aromatic heterocycles. The van der Waals surface area contributed by atoms with E-state index in [1.807, 2.05) is 24.3 Å². The molecule has 0 radical (unpaired) electrons. The van der Waals surface area contributed by atoms with E-state index in [2.05, 4.69) is 19.2 Å². The van der Waals surface area contributed by atoms with Gasteiger partial charge < -0.3 is 15.0 Å². The number of carbonyl (C=O) groups is 2. The Balaban J connectivity index is 1.70. The van der Waals surface area contributed by atoms with Crippen LogP contribution in [0.4, 0.5) is 4.39 Å². The third-order valence-electron chi connectivity index (χ3n) is 6.33. The topological polar surface area (TPSA) is 58.6 Å². The minimum Gasteiger partial charge on any atom is -0.484 e. The van der Waals surface area contributed by atoms with Gasteiger partial charge in [-0.15, -0.1) is 0 Å². The Kier molecular flexibility index (Phi) is 8.87. The Bertz CT molecular complexity index is 923. The number of halogens is 1. The number of hydrogen-bond donors (Lipinski definition) is 1. The second kappa shape index (κ2) is 11.8. The van der Waals surface area contributed by atoms with Crippen LogP contribution in [0.3, 0.4) is 0 Å². The predicted octanol–water partition coefficient (Wildman–Crippen LogP) is 5.19. The van der Waals surface area contributed by atoms with Gasteiger partial charge in [0.15, 0.2) is 6.61 Å². The van der Waals surface area contributed by atoms with Gasteiger partial charge in [0.1, 0.15) is 17.6 Å². The van der Waals surface area contributed by atoms with Gasteiger partial charge in [0, 0.05) is 18.2 Å². The van der Waals surface area contributed by atoms with E-state index >= 15 is 0 Å². The second-order valence-electron chi connectivity index (χ2n) is 9.14. The van der Waals surface area contributed by atoms with Gasteiger partial charge in [-0.2, -0.15) is 0 Å². The highest BCUT2D eigenvalue weighted by Crippen LogP contribution is 2.20. The number of nitrogens with zero attached hydrogens (tertiary/aromatic N) is 1. The maximum Gasteiger partial charge on any atom is 0.261 e. The van der Waals surface area contributed by atoms with Crippen LogP contribution in [0.15, 0.2) is 48.5 Å². The van der Waals surface area contributed by atoms with Gasteiger partial charge in [-0.1, -0.05) is 63.4 Å². The molecule has 1 aliphatic carbocycles. The SMILES string of the molecule is CC(C)c1ccc(OCC(=O)N(Cc2ccccc2F)C(C)C(=O)NC2CCCCC2)cc1. The highest BCUT2D eigenvalue weighted by atomic mass is 19.1. The van der Waals surface area contributed by atoms with E-state index < -0.39 is 11.9 Å². The first-order valence-electron chi connectivity index (χ1n) is 11.9. The molecule has 5 nitrogen and oxygen atoms in total. The van der Waals surface area contributed by atoms with E-state index in [0.29, 0.717) is 17.2 Å². The molecule has 0 bridgehead atoms. The van der Waals surface area contributed by atoms with E-state index in [1.54, 1.807) is 25.1 Å². The smallest absolute Gasteiger partial charge is 0.261 e. The van der Waals surface area contributed by atoms with Gasteiger partial charge in [0.2, 0.25) is 5.91 Å². The molecule has 1 saturated carbocycles. The van der Waals surface area contributed by atoms with Crippen molar-refractivity contribution in [3.05, 3.63) is 65.5 Å². The number of ether oxygens (including phenoxy) is 1. The lowest BCUT2D eigenvalue weighted by molar-refractivity contribution is -0.142. The van der Waals surface area contributed by atoms with Gasteiger partial charge >= 0.3 is 0 Å². The van der Waals surface area contributed by atoms with Gasteiger partial charge in [-0.3, -0.25) is 9.59 Å². The monoisotopic (exact) mass is 454 g/mol. The summed E-state index contributed by atoms with van der Waals surface area (Å²) in [5.74, 6) is 0.00381. The number of benzene rings is 2. The molecule has 0 spiro atoms. The van der Waals surface area contributed by atoms with Crippen LogP contribution in [-0.4, -0.2) is 35.4 Å². The lowest BCUT2D eigenvalue weighted by Gasteiger charge is -2.31. The quantitative estimate of drug-likeness (QED) is 0.567. The molecular formula is C27H35FN2O3. The molecule has 0 saturated heterocycles. The molecule has 6 heteroatoms. The lowest BCUT2D eigenvalue weighted by Crippen LogP contribution is -2.51. The molecule has 2 aromatic rings. The molecule has 1 aliphatic rings. The van der Waals surface area contributed by atoms with Crippen LogP contribution in [0.1, 0.15) is 69.9 Å². The van der Waals surface area contributed by atoms with Crippen LogP contribution in [0.25, 0.3) is 0 Å². The average Bonchev–Trinajstić information content (AvgIpc) is 2.82. The minimum atomic E-state index is -0.744. The van der Waals surface area contributed by atoms with Crippen molar-refractivity contribution < 1.29 is 18.7 Å². The molecule has 1 N–H and O–H groups in total. The Hall–Kier alpha value is -2.89. The van der Waals surface area contributed by atoms with Crippen molar-refractivity contribution in [2.45, 2.75) is 77.4 Å². The summed E-state index contributed by atoms with van der Waals surface area (Å²) in [6.07, 6.45) is 5.29. The molecule has 2 amide bonds. The Morgan fingerprint density at radius 1 is 1.03 bits per heavy atom. The summed E-state index contributed by atoms with van der Waals surface area (Å²) < 4.78 is 20.0. The van der Waals surface area contributed by atoms with Gasteiger partial charge in [-0.05, 0) is 49.4 Å². The molecule has 0 heterocycles. The van der Waals surface area contributed by atoms with Gasteiger partial charge in [-0.25, -0.2) is 4.39 Å². The highest BCUT2D eigenvalue weighted by Gasteiger charge is 2.29.